The molecule has 2 aromatic rings. The standard InChI is InChI=1S/C15H18N4O3S2/c1-10-5-6-12(24(21,22)19-7-3-4-8-19)9-13(10)14(20)16-15-18-17-11(2)23-15/h5-6,9H,3-4,7-8H2,1-2H3,(H,16,18,20). The van der Waals surface area contributed by atoms with E-state index in [0.29, 0.717) is 29.3 Å². The van der Waals surface area contributed by atoms with Crippen LogP contribution in [0.1, 0.15) is 33.8 Å². The van der Waals surface area contributed by atoms with Crippen molar-refractivity contribution in [2.24, 2.45) is 0 Å². The number of hydrogen-bond donors (Lipinski definition) is 1. The van der Waals surface area contributed by atoms with Crippen molar-refractivity contribution in [3.63, 3.8) is 0 Å². The second kappa shape index (κ2) is 6.58. The Bertz CT molecular complexity index is 871. The molecule has 0 atom stereocenters. The van der Waals surface area contributed by atoms with E-state index in [-0.39, 0.29) is 10.8 Å². The first-order valence-corrected chi connectivity index (χ1v) is 9.86. The highest BCUT2D eigenvalue weighted by Crippen LogP contribution is 2.24. The van der Waals surface area contributed by atoms with Gasteiger partial charge in [-0.25, -0.2) is 8.42 Å². The van der Waals surface area contributed by atoms with Gasteiger partial charge in [0.05, 0.1) is 4.90 Å². The van der Waals surface area contributed by atoms with Crippen molar-refractivity contribution in [1.82, 2.24) is 14.5 Å². The van der Waals surface area contributed by atoms with Crippen molar-refractivity contribution >= 4 is 32.4 Å². The number of sulfonamides is 1. The number of rotatable bonds is 4. The second-order valence-corrected chi connectivity index (χ2v) is 8.79. The van der Waals surface area contributed by atoms with Crippen LogP contribution in [-0.4, -0.2) is 41.9 Å². The molecule has 128 valence electrons. The van der Waals surface area contributed by atoms with Gasteiger partial charge in [0.2, 0.25) is 15.2 Å². The zero-order valence-corrected chi connectivity index (χ0v) is 15.1. The van der Waals surface area contributed by atoms with Crippen LogP contribution in [0.5, 0.6) is 0 Å². The minimum Gasteiger partial charge on any atom is -0.296 e. The summed E-state index contributed by atoms with van der Waals surface area (Å²) < 4.78 is 26.8. The first-order valence-electron chi connectivity index (χ1n) is 7.60. The van der Waals surface area contributed by atoms with Gasteiger partial charge in [-0.05, 0) is 44.4 Å². The van der Waals surface area contributed by atoms with Crippen LogP contribution in [0.25, 0.3) is 0 Å². The van der Waals surface area contributed by atoms with Crippen LogP contribution < -0.4 is 5.32 Å². The molecule has 1 aliphatic rings. The van der Waals surface area contributed by atoms with Crippen LogP contribution in [-0.2, 0) is 10.0 Å². The normalized spacial score (nSPS) is 15.6. The van der Waals surface area contributed by atoms with Crippen molar-refractivity contribution < 1.29 is 13.2 Å². The van der Waals surface area contributed by atoms with Crippen LogP contribution in [0.15, 0.2) is 23.1 Å². The Labute approximate surface area is 144 Å². The number of carbonyl (C=O) groups is 1. The molecular formula is C15H18N4O3S2. The third kappa shape index (κ3) is 3.33. The first-order chi connectivity index (χ1) is 11.4. The number of nitrogens with zero attached hydrogens (tertiary/aromatic N) is 3. The quantitative estimate of drug-likeness (QED) is 0.895. The summed E-state index contributed by atoms with van der Waals surface area (Å²) in [5, 5.41) is 11.5. The van der Waals surface area contributed by atoms with E-state index in [1.165, 1.54) is 21.7 Å². The first kappa shape index (κ1) is 17.0. The topological polar surface area (TPSA) is 92.3 Å². The van der Waals surface area contributed by atoms with E-state index in [1.807, 2.05) is 0 Å². The number of amides is 1. The molecule has 0 radical (unpaired) electrons. The molecule has 1 aromatic carbocycles. The van der Waals surface area contributed by atoms with Crippen molar-refractivity contribution in [3.05, 3.63) is 34.3 Å². The molecule has 0 spiro atoms. The maximum atomic E-state index is 12.7. The third-order valence-electron chi connectivity index (χ3n) is 3.90. The zero-order valence-electron chi connectivity index (χ0n) is 13.4. The summed E-state index contributed by atoms with van der Waals surface area (Å²) in [7, 11) is -3.55. The SMILES string of the molecule is Cc1nnc(NC(=O)c2cc(S(=O)(=O)N3CCCC3)ccc2C)s1. The van der Waals surface area contributed by atoms with Crippen molar-refractivity contribution in [1.29, 1.82) is 0 Å². The molecule has 1 saturated heterocycles. The summed E-state index contributed by atoms with van der Waals surface area (Å²) in [6, 6.07) is 4.64. The third-order valence-corrected chi connectivity index (χ3v) is 6.55. The molecule has 0 bridgehead atoms. The molecule has 1 N–H and O–H groups in total. The largest absolute Gasteiger partial charge is 0.296 e. The average Bonchev–Trinajstić information content (AvgIpc) is 3.19. The van der Waals surface area contributed by atoms with Gasteiger partial charge >= 0.3 is 0 Å². The van der Waals surface area contributed by atoms with Gasteiger partial charge in [-0.2, -0.15) is 4.31 Å². The summed E-state index contributed by atoms with van der Waals surface area (Å²) in [6.07, 6.45) is 1.74. The molecule has 0 aliphatic carbocycles. The van der Waals surface area contributed by atoms with E-state index in [1.54, 1.807) is 26.0 Å². The second-order valence-electron chi connectivity index (χ2n) is 5.67. The summed E-state index contributed by atoms with van der Waals surface area (Å²) in [5.74, 6) is -0.387. The average molecular weight is 366 g/mol. The number of aryl methyl sites for hydroxylation is 2. The van der Waals surface area contributed by atoms with Crippen LogP contribution in [0.4, 0.5) is 5.13 Å². The molecule has 7 nitrogen and oxygen atoms in total. The Morgan fingerprint density at radius 3 is 2.54 bits per heavy atom. The smallest absolute Gasteiger partial charge is 0.257 e. The molecule has 0 unspecified atom stereocenters. The zero-order chi connectivity index (χ0) is 17.3. The molecule has 2 heterocycles. The molecular weight excluding hydrogens is 348 g/mol. The van der Waals surface area contributed by atoms with E-state index in [4.69, 9.17) is 0 Å². The van der Waals surface area contributed by atoms with Crippen LogP contribution >= 0.6 is 11.3 Å². The lowest BCUT2D eigenvalue weighted by atomic mass is 10.1. The lowest BCUT2D eigenvalue weighted by Gasteiger charge is -2.16. The number of nitrogens with one attached hydrogen (secondary N) is 1. The van der Waals surface area contributed by atoms with Crippen LogP contribution in [0.2, 0.25) is 0 Å². The minimum absolute atomic E-state index is 0.147. The molecule has 3 rings (SSSR count). The lowest BCUT2D eigenvalue weighted by Crippen LogP contribution is -2.28. The van der Waals surface area contributed by atoms with Gasteiger partial charge in [0.25, 0.3) is 5.91 Å². The number of carbonyl (C=O) groups excluding carboxylic acids is 1. The van der Waals surface area contributed by atoms with Crippen LogP contribution in [0, 0.1) is 13.8 Å². The van der Waals surface area contributed by atoms with Gasteiger partial charge in [-0.15, -0.1) is 10.2 Å². The Balaban J connectivity index is 1.90. The highest BCUT2D eigenvalue weighted by atomic mass is 32.2. The van der Waals surface area contributed by atoms with Gasteiger partial charge in [-0.3, -0.25) is 10.1 Å². The maximum absolute atomic E-state index is 12.7. The fourth-order valence-corrected chi connectivity index (χ4v) is 4.73. The molecule has 0 saturated carbocycles. The fraction of sp³-hybridized carbons (Fsp3) is 0.400. The monoisotopic (exact) mass is 366 g/mol. The fourth-order valence-electron chi connectivity index (χ4n) is 2.60. The summed E-state index contributed by atoms with van der Waals surface area (Å²) in [5.41, 5.74) is 1.03. The predicted molar refractivity (Wildman–Crippen MR) is 91.8 cm³/mol. The molecule has 24 heavy (non-hydrogen) atoms. The Kier molecular flexibility index (Phi) is 4.66. The van der Waals surface area contributed by atoms with Gasteiger partial charge in [0.1, 0.15) is 5.01 Å². The molecule has 9 heteroatoms. The Hall–Kier alpha value is -1.84. The van der Waals surface area contributed by atoms with E-state index >= 15 is 0 Å². The Morgan fingerprint density at radius 2 is 1.92 bits per heavy atom. The lowest BCUT2D eigenvalue weighted by molar-refractivity contribution is 0.102. The number of hydrogen-bond acceptors (Lipinski definition) is 6. The number of anilines is 1. The van der Waals surface area contributed by atoms with Crippen molar-refractivity contribution in [3.8, 4) is 0 Å². The number of aromatic nitrogens is 2. The summed E-state index contributed by atoms with van der Waals surface area (Å²) in [4.78, 5) is 12.6. The van der Waals surface area contributed by atoms with Gasteiger partial charge in [0.15, 0.2) is 0 Å². The summed E-state index contributed by atoms with van der Waals surface area (Å²) >= 11 is 1.27. The van der Waals surface area contributed by atoms with E-state index in [0.717, 1.165) is 17.8 Å². The minimum atomic E-state index is -3.55. The molecule has 1 amide bonds. The highest BCUT2D eigenvalue weighted by Gasteiger charge is 2.28. The Morgan fingerprint density at radius 1 is 1.21 bits per heavy atom. The van der Waals surface area contributed by atoms with Gasteiger partial charge < -0.3 is 0 Å². The molecule has 1 aromatic heterocycles. The van der Waals surface area contributed by atoms with Crippen molar-refractivity contribution in [2.75, 3.05) is 18.4 Å². The van der Waals surface area contributed by atoms with Crippen molar-refractivity contribution in [2.45, 2.75) is 31.6 Å². The van der Waals surface area contributed by atoms with E-state index in [2.05, 4.69) is 15.5 Å². The van der Waals surface area contributed by atoms with E-state index < -0.39 is 10.0 Å². The summed E-state index contributed by atoms with van der Waals surface area (Å²) in [6.45, 7) is 4.62. The predicted octanol–water partition coefficient (Wildman–Crippen LogP) is 2.19. The maximum Gasteiger partial charge on any atom is 0.257 e. The van der Waals surface area contributed by atoms with Gasteiger partial charge in [-0.1, -0.05) is 17.4 Å². The number of benzene rings is 1. The van der Waals surface area contributed by atoms with E-state index in [9.17, 15) is 13.2 Å². The highest BCUT2D eigenvalue weighted by molar-refractivity contribution is 7.89. The van der Waals surface area contributed by atoms with Crippen LogP contribution in [0.3, 0.4) is 0 Å². The molecule has 1 aliphatic heterocycles. The molecule has 1 fully saturated rings. The van der Waals surface area contributed by atoms with Gasteiger partial charge in [0, 0.05) is 18.7 Å².